The van der Waals surface area contributed by atoms with Crippen molar-refractivity contribution in [3.63, 3.8) is 0 Å². The Labute approximate surface area is 178 Å². The second kappa shape index (κ2) is 7.85. The number of hydrogen-bond acceptors (Lipinski definition) is 4. The number of ether oxygens (including phenoxy) is 1. The smallest absolute Gasteiger partial charge is 0.256 e. The second-order valence-electron chi connectivity index (χ2n) is 6.81. The first-order valence-electron chi connectivity index (χ1n) is 9.07. The molecule has 6 heteroatoms. The summed E-state index contributed by atoms with van der Waals surface area (Å²) in [5.74, 6) is 0.313. The standard InChI is InChI=1S/C23H19ClN2O2S/c1-13-9-14(2)22-16(10-13)17(12-19(25-22)21-5-4-8-29-21)23(27)26-18-11-15(24)6-7-20(18)28-3/h4-12H,1-3H3,(H,26,27). The maximum absolute atomic E-state index is 13.3. The van der Waals surface area contributed by atoms with Crippen LogP contribution in [-0.2, 0) is 0 Å². The largest absolute Gasteiger partial charge is 0.495 e. The molecule has 0 saturated carbocycles. The number of halogens is 1. The summed E-state index contributed by atoms with van der Waals surface area (Å²) in [5.41, 5.74) is 4.81. The molecule has 0 aliphatic heterocycles. The summed E-state index contributed by atoms with van der Waals surface area (Å²) in [6.45, 7) is 4.03. The lowest BCUT2D eigenvalue weighted by molar-refractivity contribution is 0.102. The molecule has 0 aliphatic carbocycles. The number of nitrogens with zero attached hydrogens (tertiary/aromatic N) is 1. The van der Waals surface area contributed by atoms with Crippen LogP contribution in [0.4, 0.5) is 5.69 Å². The van der Waals surface area contributed by atoms with E-state index in [0.717, 1.165) is 32.6 Å². The fraction of sp³-hybridized carbons (Fsp3) is 0.130. The van der Waals surface area contributed by atoms with Gasteiger partial charge in [-0.1, -0.05) is 29.3 Å². The van der Waals surface area contributed by atoms with Crippen molar-refractivity contribution in [3.8, 4) is 16.3 Å². The molecule has 4 aromatic rings. The summed E-state index contributed by atoms with van der Waals surface area (Å²) in [6, 6.07) is 15.0. The lowest BCUT2D eigenvalue weighted by Crippen LogP contribution is -2.14. The second-order valence-corrected chi connectivity index (χ2v) is 8.19. The highest BCUT2D eigenvalue weighted by Gasteiger charge is 2.18. The number of anilines is 1. The highest BCUT2D eigenvalue weighted by atomic mass is 35.5. The fourth-order valence-electron chi connectivity index (χ4n) is 3.39. The molecule has 1 amide bonds. The number of benzene rings is 2. The summed E-state index contributed by atoms with van der Waals surface area (Å²) >= 11 is 7.71. The number of carbonyl (C=O) groups is 1. The van der Waals surface area contributed by atoms with Gasteiger partial charge in [-0.15, -0.1) is 11.3 Å². The normalized spacial score (nSPS) is 10.9. The number of amides is 1. The van der Waals surface area contributed by atoms with Gasteiger partial charge in [0.25, 0.3) is 5.91 Å². The zero-order valence-corrected chi connectivity index (χ0v) is 17.8. The minimum Gasteiger partial charge on any atom is -0.495 e. The monoisotopic (exact) mass is 422 g/mol. The van der Waals surface area contributed by atoms with Crippen LogP contribution in [0.15, 0.2) is 53.9 Å². The maximum atomic E-state index is 13.3. The van der Waals surface area contributed by atoms with E-state index in [9.17, 15) is 4.79 Å². The number of hydrogen-bond donors (Lipinski definition) is 1. The number of methoxy groups -OCH3 is 1. The molecular weight excluding hydrogens is 404 g/mol. The molecule has 4 rings (SSSR count). The SMILES string of the molecule is COc1ccc(Cl)cc1NC(=O)c1cc(-c2cccs2)nc2c(C)cc(C)cc12. The number of nitrogens with one attached hydrogen (secondary N) is 1. The molecule has 0 atom stereocenters. The van der Waals surface area contributed by atoms with E-state index in [0.29, 0.717) is 22.0 Å². The van der Waals surface area contributed by atoms with Crippen molar-refractivity contribution in [1.82, 2.24) is 4.98 Å². The third-order valence-corrected chi connectivity index (χ3v) is 5.80. The zero-order valence-electron chi connectivity index (χ0n) is 16.2. The van der Waals surface area contributed by atoms with Gasteiger partial charge in [0.15, 0.2) is 0 Å². The maximum Gasteiger partial charge on any atom is 0.256 e. The fourth-order valence-corrected chi connectivity index (χ4v) is 4.25. The number of aryl methyl sites for hydroxylation is 2. The summed E-state index contributed by atoms with van der Waals surface area (Å²) in [7, 11) is 1.56. The van der Waals surface area contributed by atoms with E-state index in [1.807, 2.05) is 43.5 Å². The Morgan fingerprint density at radius 2 is 1.97 bits per heavy atom. The van der Waals surface area contributed by atoms with Gasteiger partial charge in [0.05, 0.1) is 34.4 Å². The van der Waals surface area contributed by atoms with Crippen LogP contribution in [0.5, 0.6) is 5.75 Å². The van der Waals surface area contributed by atoms with Crippen molar-refractivity contribution in [2.24, 2.45) is 0 Å². The van der Waals surface area contributed by atoms with Crippen molar-refractivity contribution in [3.05, 3.63) is 75.6 Å². The molecule has 2 heterocycles. The minimum absolute atomic E-state index is 0.235. The molecule has 0 radical (unpaired) electrons. The number of pyridine rings is 1. The van der Waals surface area contributed by atoms with Crippen LogP contribution in [0, 0.1) is 13.8 Å². The van der Waals surface area contributed by atoms with Crippen LogP contribution < -0.4 is 10.1 Å². The summed E-state index contributed by atoms with van der Waals surface area (Å²) in [4.78, 5) is 19.2. The van der Waals surface area contributed by atoms with Crippen molar-refractivity contribution < 1.29 is 9.53 Å². The van der Waals surface area contributed by atoms with Gasteiger partial charge in [-0.3, -0.25) is 4.79 Å². The lowest BCUT2D eigenvalue weighted by Gasteiger charge is -2.14. The van der Waals surface area contributed by atoms with Gasteiger partial charge < -0.3 is 10.1 Å². The third-order valence-electron chi connectivity index (χ3n) is 4.68. The average molecular weight is 423 g/mol. The van der Waals surface area contributed by atoms with Crippen molar-refractivity contribution in [1.29, 1.82) is 0 Å². The molecular formula is C23H19ClN2O2S. The molecule has 1 N–H and O–H groups in total. The summed E-state index contributed by atoms with van der Waals surface area (Å²) in [5, 5.41) is 6.29. The van der Waals surface area contributed by atoms with Crippen molar-refractivity contribution in [2.75, 3.05) is 12.4 Å². The minimum atomic E-state index is -0.235. The highest BCUT2D eigenvalue weighted by Crippen LogP contribution is 2.32. The number of aromatic nitrogens is 1. The number of carbonyl (C=O) groups excluding carboxylic acids is 1. The third kappa shape index (κ3) is 3.84. The molecule has 146 valence electrons. The van der Waals surface area contributed by atoms with E-state index in [4.69, 9.17) is 21.3 Å². The number of fused-ring (bicyclic) bond motifs is 1. The van der Waals surface area contributed by atoms with Gasteiger partial charge in [0.2, 0.25) is 0 Å². The van der Waals surface area contributed by atoms with Gasteiger partial charge in [-0.2, -0.15) is 0 Å². The van der Waals surface area contributed by atoms with E-state index < -0.39 is 0 Å². The van der Waals surface area contributed by atoms with Gasteiger partial charge in [-0.05, 0) is 61.2 Å². The molecule has 0 saturated heterocycles. The summed E-state index contributed by atoms with van der Waals surface area (Å²) < 4.78 is 5.36. The van der Waals surface area contributed by atoms with Crippen molar-refractivity contribution >= 4 is 45.4 Å². The van der Waals surface area contributed by atoms with Gasteiger partial charge in [0.1, 0.15) is 5.75 Å². The topological polar surface area (TPSA) is 51.2 Å². The van der Waals surface area contributed by atoms with Crippen LogP contribution in [0.2, 0.25) is 5.02 Å². The van der Waals surface area contributed by atoms with Crippen LogP contribution in [0.25, 0.3) is 21.5 Å². The van der Waals surface area contributed by atoms with Crippen LogP contribution >= 0.6 is 22.9 Å². The van der Waals surface area contributed by atoms with E-state index in [1.54, 1.807) is 36.6 Å². The molecule has 0 bridgehead atoms. The molecule has 0 spiro atoms. The quantitative estimate of drug-likeness (QED) is 0.408. The molecule has 29 heavy (non-hydrogen) atoms. The van der Waals surface area contributed by atoms with Crippen LogP contribution in [-0.4, -0.2) is 18.0 Å². The predicted molar refractivity (Wildman–Crippen MR) is 120 cm³/mol. The predicted octanol–water partition coefficient (Wildman–Crippen LogP) is 6.49. The lowest BCUT2D eigenvalue weighted by atomic mass is 10.0. The van der Waals surface area contributed by atoms with E-state index >= 15 is 0 Å². The molecule has 0 fully saturated rings. The molecule has 4 nitrogen and oxygen atoms in total. The summed E-state index contributed by atoms with van der Waals surface area (Å²) in [6.07, 6.45) is 0. The van der Waals surface area contributed by atoms with E-state index in [2.05, 4.69) is 11.4 Å². The first kappa shape index (κ1) is 19.4. The first-order valence-corrected chi connectivity index (χ1v) is 10.3. The van der Waals surface area contributed by atoms with Crippen LogP contribution in [0.3, 0.4) is 0 Å². The Morgan fingerprint density at radius 1 is 1.14 bits per heavy atom. The Bertz CT molecular complexity index is 1220. The van der Waals surface area contributed by atoms with Crippen LogP contribution in [0.1, 0.15) is 21.5 Å². The average Bonchev–Trinajstić information content (AvgIpc) is 3.22. The molecule has 2 aromatic carbocycles. The Hall–Kier alpha value is -2.89. The molecule has 0 unspecified atom stereocenters. The van der Waals surface area contributed by atoms with Gasteiger partial charge in [0, 0.05) is 10.4 Å². The highest BCUT2D eigenvalue weighted by molar-refractivity contribution is 7.13. The van der Waals surface area contributed by atoms with Gasteiger partial charge in [-0.25, -0.2) is 4.98 Å². The van der Waals surface area contributed by atoms with E-state index in [1.165, 1.54) is 0 Å². The first-order chi connectivity index (χ1) is 14.0. The number of thiophene rings is 1. The Balaban J connectivity index is 1.87. The van der Waals surface area contributed by atoms with Gasteiger partial charge >= 0.3 is 0 Å². The number of rotatable bonds is 4. The van der Waals surface area contributed by atoms with Crippen molar-refractivity contribution in [2.45, 2.75) is 13.8 Å². The molecule has 2 aromatic heterocycles. The van der Waals surface area contributed by atoms with E-state index in [-0.39, 0.29) is 5.91 Å². The molecule has 0 aliphatic rings. The Kier molecular flexibility index (Phi) is 5.26. The zero-order chi connectivity index (χ0) is 20.5. The Morgan fingerprint density at radius 3 is 2.69 bits per heavy atom.